The van der Waals surface area contributed by atoms with Crippen LogP contribution in [0, 0.1) is 11.8 Å². The number of nitrogens with one attached hydrogen (secondary N) is 2. The maximum Gasteiger partial charge on any atom is 0.240 e. The van der Waals surface area contributed by atoms with Crippen molar-refractivity contribution < 1.29 is 18.3 Å². The molecule has 0 aliphatic heterocycles. The molecule has 156 valence electrons. The first-order valence-electron chi connectivity index (χ1n) is 10.0. The first-order valence-corrected chi connectivity index (χ1v) is 11.5. The minimum Gasteiger partial charge on any atom is -0.394 e. The van der Waals surface area contributed by atoms with E-state index in [0.717, 1.165) is 31.2 Å². The second-order valence-corrected chi connectivity index (χ2v) is 9.30. The van der Waals surface area contributed by atoms with Gasteiger partial charge in [0, 0.05) is 12.5 Å². The molecular weight excluding hydrogens is 388 g/mol. The van der Waals surface area contributed by atoms with Crippen LogP contribution in [0.3, 0.4) is 0 Å². The highest BCUT2D eigenvalue weighted by molar-refractivity contribution is 7.89. The molecule has 0 unspecified atom stereocenters. The Morgan fingerprint density at radius 2 is 1.55 bits per heavy atom. The lowest BCUT2D eigenvalue weighted by molar-refractivity contribution is -0.127. The molecule has 0 radical (unpaired) electrons. The van der Waals surface area contributed by atoms with Crippen LogP contribution in [-0.2, 0) is 14.8 Å². The van der Waals surface area contributed by atoms with Crippen LogP contribution in [0.15, 0.2) is 65.6 Å². The number of hydrogen-bond donors (Lipinski definition) is 3. The van der Waals surface area contributed by atoms with Crippen molar-refractivity contribution in [2.75, 3.05) is 13.2 Å². The second kappa shape index (κ2) is 10.0. The van der Waals surface area contributed by atoms with Crippen molar-refractivity contribution in [3.8, 4) is 0 Å². The number of rotatable bonds is 8. The average Bonchev–Trinajstić information content (AvgIpc) is 2.77. The zero-order valence-electron chi connectivity index (χ0n) is 16.3. The molecule has 0 heterocycles. The quantitative estimate of drug-likeness (QED) is 0.616. The summed E-state index contributed by atoms with van der Waals surface area (Å²) in [6.07, 6.45) is 3.03. The van der Waals surface area contributed by atoms with Gasteiger partial charge in [0.25, 0.3) is 0 Å². The van der Waals surface area contributed by atoms with E-state index in [9.17, 15) is 18.3 Å². The van der Waals surface area contributed by atoms with Gasteiger partial charge in [-0.05, 0) is 49.3 Å². The molecule has 0 saturated heterocycles. The minimum absolute atomic E-state index is 0.0452. The lowest BCUT2D eigenvalue weighted by Crippen LogP contribution is -2.38. The van der Waals surface area contributed by atoms with Gasteiger partial charge in [0.1, 0.15) is 0 Å². The summed E-state index contributed by atoms with van der Waals surface area (Å²) in [5, 5.41) is 12.6. The van der Waals surface area contributed by atoms with E-state index >= 15 is 0 Å². The summed E-state index contributed by atoms with van der Waals surface area (Å²) >= 11 is 0. The maximum atomic E-state index is 12.6. The van der Waals surface area contributed by atoms with Gasteiger partial charge in [0.05, 0.1) is 17.5 Å². The molecule has 1 aliphatic rings. The van der Waals surface area contributed by atoms with Gasteiger partial charge in [-0.15, -0.1) is 0 Å². The summed E-state index contributed by atoms with van der Waals surface area (Å²) in [5.74, 6) is 0.0752. The first kappa shape index (κ1) is 21.5. The van der Waals surface area contributed by atoms with E-state index in [4.69, 9.17) is 0 Å². The van der Waals surface area contributed by atoms with Crippen LogP contribution in [0.4, 0.5) is 0 Å². The Morgan fingerprint density at radius 3 is 2.14 bits per heavy atom. The number of aliphatic hydroxyl groups is 1. The average molecular weight is 417 g/mol. The second-order valence-electron chi connectivity index (χ2n) is 7.54. The van der Waals surface area contributed by atoms with Crippen LogP contribution in [-0.4, -0.2) is 32.6 Å². The van der Waals surface area contributed by atoms with Crippen LogP contribution in [0.1, 0.15) is 37.3 Å². The summed E-state index contributed by atoms with van der Waals surface area (Å²) in [7, 11) is -3.50. The Balaban J connectivity index is 1.47. The van der Waals surface area contributed by atoms with Crippen LogP contribution < -0.4 is 10.0 Å². The van der Waals surface area contributed by atoms with E-state index in [2.05, 4.69) is 10.0 Å². The van der Waals surface area contributed by atoms with Crippen molar-refractivity contribution in [2.24, 2.45) is 11.8 Å². The molecule has 3 rings (SSSR count). The zero-order chi connectivity index (χ0) is 20.7. The Kier molecular flexibility index (Phi) is 7.41. The Bertz CT molecular complexity index is 880. The number of amides is 1. The van der Waals surface area contributed by atoms with Crippen LogP contribution in [0.2, 0.25) is 0 Å². The molecule has 3 N–H and O–H groups in total. The predicted molar refractivity (Wildman–Crippen MR) is 111 cm³/mol. The third kappa shape index (κ3) is 5.88. The number of carbonyl (C=O) groups is 1. The molecule has 2 aromatic carbocycles. The van der Waals surface area contributed by atoms with E-state index in [1.165, 1.54) is 0 Å². The molecule has 0 bridgehead atoms. The molecule has 7 heteroatoms. The summed E-state index contributed by atoms with van der Waals surface area (Å²) in [5.41, 5.74) is 0.882. The third-order valence-electron chi connectivity index (χ3n) is 5.53. The van der Waals surface area contributed by atoms with Gasteiger partial charge in [-0.1, -0.05) is 48.5 Å². The minimum atomic E-state index is -3.50. The van der Waals surface area contributed by atoms with Gasteiger partial charge < -0.3 is 10.4 Å². The zero-order valence-corrected chi connectivity index (χ0v) is 17.1. The third-order valence-corrected chi connectivity index (χ3v) is 6.97. The molecule has 0 spiro atoms. The van der Waals surface area contributed by atoms with Gasteiger partial charge in [-0.25, -0.2) is 13.1 Å². The van der Waals surface area contributed by atoms with Gasteiger partial charge >= 0.3 is 0 Å². The standard InChI is InChI=1S/C22H28N2O4S/c25-16-21(18-7-3-1-4-8-18)24-22(26)19-13-11-17(12-14-19)15-23-29(27,28)20-9-5-2-6-10-20/h1-10,17,19,21,23,25H,11-16H2,(H,24,26)/t17?,19?,21-/m0/s1. The van der Waals surface area contributed by atoms with Crippen molar-refractivity contribution in [1.29, 1.82) is 0 Å². The molecule has 0 aromatic heterocycles. The van der Waals surface area contributed by atoms with E-state index < -0.39 is 16.1 Å². The number of carbonyl (C=O) groups excluding carboxylic acids is 1. The van der Waals surface area contributed by atoms with Crippen molar-refractivity contribution in [1.82, 2.24) is 10.0 Å². The van der Waals surface area contributed by atoms with E-state index in [0.29, 0.717) is 6.54 Å². The predicted octanol–water partition coefficient (Wildman–Crippen LogP) is 2.62. The SMILES string of the molecule is O=C(N[C@@H](CO)c1ccccc1)C1CCC(CNS(=O)(=O)c2ccccc2)CC1. The summed E-state index contributed by atoms with van der Waals surface area (Å²) in [6.45, 7) is 0.237. The van der Waals surface area contributed by atoms with Crippen molar-refractivity contribution in [3.63, 3.8) is 0 Å². The van der Waals surface area contributed by atoms with Crippen molar-refractivity contribution in [3.05, 3.63) is 66.2 Å². The molecule has 6 nitrogen and oxygen atoms in total. The molecule has 1 aliphatic carbocycles. The summed E-state index contributed by atoms with van der Waals surface area (Å²) < 4.78 is 27.4. The molecular formula is C22H28N2O4S. The van der Waals surface area contributed by atoms with E-state index in [1.807, 2.05) is 30.3 Å². The topological polar surface area (TPSA) is 95.5 Å². The van der Waals surface area contributed by atoms with Crippen LogP contribution >= 0.6 is 0 Å². The van der Waals surface area contributed by atoms with Crippen molar-refractivity contribution >= 4 is 15.9 Å². The fourth-order valence-corrected chi connectivity index (χ4v) is 4.89. The summed E-state index contributed by atoms with van der Waals surface area (Å²) in [6, 6.07) is 17.4. The Hall–Kier alpha value is -2.22. The van der Waals surface area contributed by atoms with Gasteiger partial charge in [0.15, 0.2) is 0 Å². The highest BCUT2D eigenvalue weighted by Gasteiger charge is 2.28. The number of benzene rings is 2. The van der Waals surface area contributed by atoms with Crippen molar-refractivity contribution in [2.45, 2.75) is 36.6 Å². The lowest BCUT2D eigenvalue weighted by Gasteiger charge is -2.29. The first-order chi connectivity index (χ1) is 14.0. The molecule has 2 aromatic rings. The lowest BCUT2D eigenvalue weighted by atomic mass is 9.81. The monoisotopic (exact) mass is 416 g/mol. The molecule has 1 fully saturated rings. The fraction of sp³-hybridized carbons (Fsp3) is 0.409. The smallest absolute Gasteiger partial charge is 0.240 e. The van der Waals surface area contributed by atoms with E-state index in [1.54, 1.807) is 30.3 Å². The van der Waals surface area contributed by atoms with Gasteiger partial charge in [0.2, 0.25) is 15.9 Å². The Morgan fingerprint density at radius 1 is 0.966 bits per heavy atom. The molecule has 29 heavy (non-hydrogen) atoms. The van der Waals surface area contributed by atoms with Gasteiger partial charge in [-0.2, -0.15) is 0 Å². The van der Waals surface area contributed by atoms with Crippen LogP contribution in [0.25, 0.3) is 0 Å². The van der Waals surface area contributed by atoms with Gasteiger partial charge in [-0.3, -0.25) is 4.79 Å². The number of hydrogen-bond acceptors (Lipinski definition) is 4. The molecule has 1 atom stereocenters. The molecule has 1 saturated carbocycles. The largest absolute Gasteiger partial charge is 0.394 e. The number of sulfonamides is 1. The van der Waals surface area contributed by atoms with Crippen LogP contribution in [0.5, 0.6) is 0 Å². The highest BCUT2D eigenvalue weighted by Crippen LogP contribution is 2.29. The Labute approximate surface area is 172 Å². The number of aliphatic hydroxyl groups excluding tert-OH is 1. The normalized spacial score (nSPS) is 20.7. The highest BCUT2D eigenvalue weighted by atomic mass is 32.2. The summed E-state index contributed by atoms with van der Waals surface area (Å²) in [4.78, 5) is 12.9. The van der Waals surface area contributed by atoms with E-state index in [-0.39, 0.29) is 29.2 Å². The fourth-order valence-electron chi connectivity index (χ4n) is 3.75. The molecule has 1 amide bonds. The maximum absolute atomic E-state index is 12.6.